The number of aromatic nitrogens is 4. The Hall–Kier alpha value is -3.39. The zero-order valence-electron chi connectivity index (χ0n) is 22.0. The highest BCUT2D eigenvalue weighted by Gasteiger charge is 2.49. The molecule has 2 aromatic carbocycles. The average molecular weight is 566 g/mol. The zero-order chi connectivity index (χ0) is 27.1. The number of hydrogen-bond donors (Lipinski definition) is 2. The highest BCUT2D eigenvalue weighted by Crippen LogP contribution is 2.36. The van der Waals surface area contributed by atoms with Gasteiger partial charge in [0, 0.05) is 51.5 Å². The molecule has 2 aromatic heterocycles. The van der Waals surface area contributed by atoms with Gasteiger partial charge in [0.25, 0.3) is 10.2 Å². The molecule has 2 aliphatic rings. The molecule has 2 saturated heterocycles. The Kier molecular flexibility index (Phi) is 6.83. The van der Waals surface area contributed by atoms with Gasteiger partial charge in [0.15, 0.2) is 0 Å². The maximum atomic E-state index is 12.8. The summed E-state index contributed by atoms with van der Waals surface area (Å²) >= 11 is 1.58. The van der Waals surface area contributed by atoms with E-state index in [0.717, 1.165) is 22.3 Å². The fourth-order valence-electron chi connectivity index (χ4n) is 5.20. The smallest absolute Gasteiger partial charge is 0.281 e. The van der Waals surface area contributed by atoms with Gasteiger partial charge < -0.3 is 15.5 Å². The molecule has 0 aliphatic carbocycles. The molecule has 2 bridgehead atoms. The number of thiazole rings is 1. The van der Waals surface area contributed by atoms with Crippen LogP contribution >= 0.6 is 11.3 Å². The Balaban J connectivity index is 1.26. The SMILES string of the molecule is CC(CNc1nc(Nc2ccc3ncsc3c2)nc(N2CC3CC2CN3S(=O)(=O)N(C)C)n1)c1ccccc1. The summed E-state index contributed by atoms with van der Waals surface area (Å²) in [6.07, 6.45) is 0.747. The van der Waals surface area contributed by atoms with Crippen molar-refractivity contribution >= 4 is 55.3 Å². The summed E-state index contributed by atoms with van der Waals surface area (Å²) in [5, 5.41) is 6.74. The van der Waals surface area contributed by atoms with Gasteiger partial charge in [-0.1, -0.05) is 37.3 Å². The molecule has 2 N–H and O–H groups in total. The maximum Gasteiger partial charge on any atom is 0.281 e. The van der Waals surface area contributed by atoms with Crippen LogP contribution in [-0.4, -0.2) is 82.8 Å². The highest BCUT2D eigenvalue weighted by molar-refractivity contribution is 7.86. The van der Waals surface area contributed by atoms with E-state index >= 15 is 0 Å². The van der Waals surface area contributed by atoms with Gasteiger partial charge in [-0.05, 0) is 36.1 Å². The molecule has 4 aromatic rings. The molecule has 2 fully saturated rings. The van der Waals surface area contributed by atoms with Crippen molar-refractivity contribution in [3.8, 4) is 0 Å². The number of benzene rings is 2. The first-order chi connectivity index (χ1) is 18.8. The lowest BCUT2D eigenvalue weighted by Crippen LogP contribution is -2.52. The molecule has 3 unspecified atom stereocenters. The topological polar surface area (TPSA) is 119 Å². The number of piperazine rings is 1. The van der Waals surface area contributed by atoms with Crippen LogP contribution in [0.25, 0.3) is 10.2 Å². The average Bonchev–Trinajstić information content (AvgIpc) is 3.68. The van der Waals surface area contributed by atoms with Gasteiger partial charge in [0.1, 0.15) is 0 Å². The van der Waals surface area contributed by atoms with Crippen LogP contribution in [0, 0.1) is 0 Å². The lowest BCUT2D eigenvalue weighted by Gasteiger charge is -2.34. The first kappa shape index (κ1) is 25.9. The second-order valence-electron chi connectivity index (χ2n) is 10.2. The van der Waals surface area contributed by atoms with Gasteiger partial charge in [-0.2, -0.15) is 32.0 Å². The van der Waals surface area contributed by atoms with Gasteiger partial charge in [0.05, 0.1) is 15.7 Å². The molecular weight excluding hydrogens is 534 g/mol. The van der Waals surface area contributed by atoms with Crippen molar-refractivity contribution in [3.63, 3.8) is 0 Å². The first-order valence-electron chi connectivity index (χ1n) is 12.9. The van der Waals surface area contributed by atoms with Crippen LogP contribution in [0.3, 0.4) is 0 Å². The monoisotopic (exact) mass is 565 g/mol. The van der Waals surface area contributed by atoms with Crippen molar-refractivity contribution in [2.45, 2.75) is 31.3 Å². The van der Waals surface area contributed by atoms with E-state index in [1.807, 2.05) is 41.9 Å². The van der Waals surface area contributed by atoms with Crippen molar-refractivity contribution in [1.29, 1.82) is 0 Å². The highest BCUT2D eigenvalue weighted by atomic mass is 32.2. The summed E-state index contributed by atoms with van der Waals surface area (Å²) < 4.78 is 29.5. The Morgan fingerprint density at radius 1 is 1.05 bits per heavy atom. The van der Waals surface area contributed by atoms with Crippen molar-refractivity contribution in [3.05, 3.63) is 59.6 Å². The minimum atomic E-state index is -3.47. The Morgan fingerprint density at radius 2 is 1.85 bits per heavy atom. The van der Waals surface area contributed by atoms with Gasteiger partial charge in [-0.3, -0.25) is 0 Å². The molecule has 13 heteroatoms. The summed E-state index contributed by atoms with van der Waals surface area (Å²) in [7, 11) is -0.329. The Bertz CT molecular complexity index is 1580. The molecule has 39 heavy (non-hydrogen) atoms. The predicted molar refractivity (Wildman–Crippen MR) is 155 cm³/mol. The second-order valence-corrected chi connectivity index (χ2v) is 13.2. The van der Waals surface area contributed by atoms with E-state index in [1.165, 1.54) is 9.87 Å². The summed E-state index contributed by atoms with van der Waals surface area (Å²) in [5.74, 6) is 1.70. The fourth-order valence-corrected chi connectivity index (χ4v) is 7.23. The maximum absolute atomic E-state index is 12.8. The quantitative estimate of drug-likeness (QED) is 0.314. The van der Waals surface area contributed by atoms with E-state index in [-0.39, 0.29) is 18.0 Å². The zero-order valence-corrected chi connectivity index (χ0v) is 23.7. The van der Waals surface area contributed by atoms with E-state index < -0.39 is 10.2 Å². The van der Waals surface area contributed by atoms with Crippen LogP contribution in [-0.2, 0) is 10.2 Å². The van der Waals surface area contributed by atoms with Crippen LogP contribution in [0.15, 0.2) is 54.0 Å². The molecule has 0 saturated carbocycles. The molecule has 0 amide bonds. The van der Waals surface area contributed by atoms with E-state index in [9.17, 15) is 8.42 Å². The minimum Gasteiger partial charge on any atom is -0.353 e. The van der Waals surface area contributed by atoms with Crippen LogP contribution in [0.4, 0.5) is 23.5 Å². The van der Waals surface area contributed by atoms with Crippen molar-refractivity contribution in [2.75, 3.05) is 49.3 Å². The molecule has 11 nitrogen and oxygen atoms in total. The third-order valence-corrected chi connectivity index (χ3v) is 10.1. The number of fused-ring (bicyclic) bond motifs is 3. The van der Waals surface area contributed by atoms with Gasteiger partial charge in [-0.25, -0.2) is 4.98 Å². The van der Waals surface area contributed by atoms with E-state index in [4.69, 9.17) is 9.97 Å². The third kappa shape index (κ3) is 5.14. The third-order valence-electron chi connectivity index (χ3n) is 7.35. The molecule has 0 radical (unpaired) electrons. The molecule has 4 heterocycles. The molecule has 204 valence electrons. The lowest BCUT2D eigenvalue weighted by molar-refractivity contribution is 0.340. The number of rotatable bonds is 9. The normalized spacial score (nSPS) is 20.2. The summed E-state index contributed by atoms with van der Waals surface area (Å²) in [6.45, 7) is 3.76. The van der Waals surface area contributed by atoms with E-state index in [2.05, 4.69) is 44.6 Å². The number of nitrogens with one attached hydrogen (secondary N) is 2. The largest absolute Gasteiger partial charge is 0.353 e. The standard InChI is InChI=1S/C26H31N9O2S2/c1-17(18-7-5-4-6-8-18)13-27-24-30-25(29-19-9-10-22-23(11-19)38-16-28-22)32-26(31-24)34-14-21-12-20(34)15-35(21)39(36,37)33(2)3/h4-11,16-17,20-21H,12-15H2,1-3H3,(H2,27,29,30,31,32). The number of anilines is 4. The van der Waals surface area contributed by atoms with Crippen molar-refractivity contribution < 1.29 is 8.42 Å². The second kappa shape index (κ2) is 10.3. The molecule has 3 atom stereocenters. The van der Waals surface area contributed by atoms with Crippen LogP contribution in [0.1, 0.15) is 24.8 Å². The summed E-state index contributed by atoms with van der Waals surface area (Å²) in [5.41, 5.74) is 4.87. The van der Waals surface area contributed by atoms with Crippen LogP contribution in [0.2, 0.25) is 0 Å². The molecule has 6 rings (SSSR count). The van der Waals surface area contributed by atoms with Crippen molar-refractivity contribution in [1.82, 2.24) is 28.5 Å². The Labute approximate surface area is 232 Å². The molecular formula is C26H31N9O2S2. The Morgan fingerprint density at radius 3 is 2.59 bits per heavy atom. The van der Waals surface area contributed by atoms with Crippen LogP contribution in [0.5, 0.6) is 0 Å². The predicted octanol–water partition coefficient (Wildman–Crippen LogP) is 3.51. The number of hydrogen-bond acceptors (Lipinski definition) is 10. The van der Waals surface area contributed by atoms with E-state index in [1.54, 1.807) is 29.7 Å². The molecule has 2 aliphatic heterocycles. The van der Waals surface area contributed by atoms with Crippen molar-refractivity contribution in [2.24, 2.45) is 0 Å². The van der Waals surface area contributed by atoms with Gasteiger partial charge >= 0.3 is 0 Å². The fraction of sp³-hybridized carbons (Fsp3) is 0.385. The first-order valence-corrected chi connectivity index (χ1v) is 15.2. The molecule has 0 spiro atoms. The van der Waals surface area contributed by atoms with Crippen LogP contribution < -0.4 is 15.5 Å². The lowest BCUT2D eigenvalue weighted by atomic mass is 10.0. The van der Waals surface area contributed by atoms with Gasteiger partial charge in [0.2, 0.25) is 17.8 Å². The van der Waals surface area contributed by atoms with Gasteiger partial charge in [-0.15, -0.1) is 11.3 Å². The minimum absolute atomic E-state index is 0.00427. The number of nitrogens with zero attached hydrogens (tertiary/aromatic N) is 7. The summed E-state index contributed by atoms with van der Waals surface area (Å²) in [4.78, 5) is 20.7. The summed E-state index contributed by atoms with van der Waals surface area (Å²) in [6, 6.07) is 16.2. The van der Waals surface area contributed by atoms with E-state index in [0.29, 0.717) is 37.5 Å².